The third kappa shape index (κ3) is 3.77. The number of amides is 1. The summed E-state index contributed by atoms with van der Waals surface area (Å²) in [6.45, 7) is 1.55. The van der Waals surface area contributed by atoms with Gasteiger partial charge >= 0.3 is 5.97 Å². The second kappa shape index (κ2) is 7.93. The molecule has 6 nitrogen and oxygen atoms in total. The summed E-state index contributed by atoms with van der Waals surface area (Å²) in [7, 11) is 0. The van der Waals surface area contributed by atoms with Crippen molar-refractivity contribution in [3.05, 3.63) is 57.3 Å². The van der Waals surface area contributed by atoms with Crippen LogP contribution >= 0.6 is 22.9 Å². The molecule has 1 amide bonds. The van der Waals surface area contributed by atoms with Crippen LogP contribution in [0.25, 0.3) is 4.96 Å². The van der Waals surface area contributed by atoms with Gasteiger partial charge in [-0.05, 0) is 49.3 Å². The fourth-order valence-corrected chi connectivity index (χ4v) is 4.54. The highest BCUT2D eigenvalue weighted by atomic mass is 35.5. The molecule has 0 radical (unpaired) electrons. The van der Waals surface area contributed by atoms with Crippen LogP contribution in [-0.2, 0) is 22.4 Å². The third-order valence-corrected chi connectivity index (χ3v) is 6.02. The van der Waals surface area contributed by atoms with Gasteiger partial charge in [-0.25, -0.2) is 9.78 Å². The number of benzene rings is 1. The van der Waals surface area contributed by atoms with Crippen LogP contribution in [0.5, 0.6) is 0 Å². The summed E-state index contributed by atoms with van der Waals surface area (Å²) in [6.07, 6.45) is 6.35. The first-order chi connectivity index (χ1) is 13.5. The van der Waals surface area contributed by atoms with E-state index in [2.05, 4.69) is 28.5 Å². The Balaban J connectivity index is 1.36. The lowest BCUT2D eigenvalue weighted by molar-refractivity contribution is -0.124. The van der Waals surface area contributed by atoms with Crippen LogP contribution < -0.4 is 5.32 Å². The van der Waals surface area contributed by atoms with E-state index < -0.39 is 5.97 Å². The molecule has 0 saturated heterocycles. The van der Waals surface area contributed by atoms with Crippen molar-refractivity contribution in [1.82, 2.24) is 14.7 Å². The fourth-order valence-electron chi connectivity index (χ4n) is 3.53. The van der Waals surface area contributed by atoms with Gasteiger partial charge in [-0.2, -0.15) is 0 Å². The highest BCUT2D eigenvalue weighted by Gasteiger charge is 2.21. The predicted octanol–water partition coefficient (Wildman–Crippen LogP) is 3.96. The Morgan fingerprint density at radius 1 is 1.32 bits per heavy atom. The molecule has 28 heavy (non-hydrogen) atoms. The molecule has 3 aromatic rings. The van der Waals surface area contributed by atoms with E-state index in [0.717, 1.165) is 18.4 Å². The van der Waals surface area contributed by atoms with Crippen molar-refractivity contribution in [3.63, 3.8) is 0 Å². The first kappa shape index (κ1) is 19.0. The van der Waals surface area contributed by atoms with Crippen LogP contribution in [-0.4, -0.2) is 27.9 Å². The normalized spacial score (nSPS) is 14.5. The van der Waals surface area contributed by atoms with Crippen molar-refractivity contribution >= 4 is 39.8 Å². The number of carbonyl (C=O) groups excluding carboxylic acids is 2. The number of esters is 1. The summed E-state index contributed by atoms with van der Waals surface area (Å²) in [5.41, 5.74) is 3.96. The average Bonchev–Trinajstić information content (AvgIpc) is 3.25. The summed E-state index contributed by atoms with van der Waals surface area (Å²) >= 11 is 7.37. The SMILES string of the molecule is C[C@@H](NC(=O)COC(=O)c1c(Cl)nc2sccn12)c1ccc2c(c1)CCCC2. The van der Waals surface area contributed by atoms with Crippen LogP contribution in [0.2, 0.25) is 5.15 Å². The van der Waals surface area contributed by atoms with E-state index in [1.807, 2.05) is 6.92 Å². The third-order valence-electron chi connectivity index (χ3n) is 5.00. The number of aryl methyl sites for hydroxylation is 2. The molecule has 146 valence electrons. The van der Waals surface area contributed by atoms with E-state index in [1.54, 1.807) is 16.0 Å². The second-order valence-corrected chi connectivity index (χ2v) is 8.14. The Kier molecular flexibility index (Phi) is 5.37. The maximum Gasteiger partial charge on any atom is 0.359 e. The molecular formula is C20H20ClN3O3S. The van der Waals surface area contributed by atoms with E-state index in [-0.39, 0.29) is 29.4 Å². The number of hydrogen-bond acceptors (Lipinski definition) is 5. The van der Waals surface area contributed by atoms with Gasteiger partial charge in [0.15, 0.2) is 22.4 Å². The molecule has 1 aliphatic rings. The van der Waals surface area contributed by atoms with E-state index in [0.29, 0.717) is 4.96 Å². The number of rotatable bonds is 5. The maximum atomic E-state index is 12.3. The minimum absolute atomic E-state index is 0.0692. The van der Waals surface area contributed by atoms with E-state index in [1.165, 1.54) is 35.3 Å². The van der Waals surface area contributed by atoms with Gasteiger partial charge in [-0.15, -0.1) is 11.3 Å². The first-order valence-corrected chi connectivity index (χ1v) is 10.5. The van der Waals surface area contributed by atoms with Crippen molar-refractivity contribution in [3.8, 4) is 0 Å². The maximum absolute atomic E-state index is 12.3. The quantitative estimate of drug-likeness (QED) is 0.637. The van der Waals surface area contributed by atoms with Gasteiger partial charge < -0.3 is 10.1 Å². The molecule has 0 unspecified atom stereocenters. The number of nitrogens with one attached hydrogen (secondary N) is 1. The standard InChI is InChI=1S/C20H20ClN3O3S/c1-12(14-7-6-13-4-2-3-5-15(13)10-14)22-16(25)11-27-19(26)17-18(21)23-20-24(17)8-9-28-20/h6-10,12H,2-5,11H2,1H3,(H,22,25)/t12-/m1/s1. The van der Waals surface area contributed by atoms with Crippen molar-refractivity contribution in [2.45, 2.75) is 38.6 Å². The Bertz CT molecular complexity index is 1040. The van der Waals surface area contributed by atoms with Crippen LogP contribution in [0.3, 0.4) is 0 Å². The number of fused-ring (bicyclic) bond motifs is 2. The number of halogens is 1. The molecule has 0 saturated carbocycles. The zero-order valence-electron chi connectivity index (χ0n) is 15.4. The number of ether oxygens (including phenoxy) is 1. The Hall–Kier alpha value is -2.38. The molecule has 2 aromatic heterocycles. The summed E-state index contributed by atoms with van der Waals surface area (Å²) < 4.78 is 6.70. The van der Waals surface area contributed by atoms with Crippen LogP contribution in [0.15, 0.2) is 29.8 Å². The Morgan fingerprint density at radius 2 is 2.11 bits per heavy atom. The lowest BCUT2D eigenvalue weighted by Crippen LogP contribution is -2.31. The molecule has 0 aliphatic heterocycles. The van der Waals surface area contributed by atoms with Gasteiger partial charge in [0.25, 0.3) is 5.91 Å². The Labute approximate surface area is 171 Å². The summed E-state index contributed by atoms with van der Waals surface area (Å²) in [6, 6.07) is 6.21. The lowest BCUT2D eigenvalue weighted by Gasteiger charge is -2.20. The average molecular weight is 418 g/mol. The number of thiazole rings is 1. The van der Waals surface area contributed by atoms with Gasteiger partial charge in [0, 0.05) is 11.6 Å². The van der Waals surface area contributed by atoms with Crippen LogP contribution in [0.1, 0.15) is 53.0 Å². The van der Waals surface area contributed by atoms with Gasteiger partial charge in [0.1, 0.15) is 0 Å². The molecule has 1 N–H and O–H groups in total. The molecule has 1 aromatic carbocycles. The van der Waals surface area contributed by atoms with E-state index in [9.17, 15) is 9.59 Å². The molecule has 1 atom stereocenters. The molecular weight excluding hydrogens is 398 g/mol. The van der Waals surface area contributed by atoms with Crippen molar-refractivity contribution < 1.29 is 14.3 Å². The molecule has 0 bridgehead atoms. The molecule has 8 heteroatoms. The summed E-state index contributed by atoms with van der Waals surface area (Å²) in [5, 5.41) is 4.74. The predicted molar refractivity (Wildman–Crippen MR) is 108 cm³/mol. The number of carbonyl (C=O) groups is 2. The number of nitrogens with zero attached hydrogens (tertiary/aromatic N) is 2. The monoisotopic (exact) mass is 417 g/mol. The van der Waals surface area contributed by atoms with Gasteiger partial charge in [-0.1, -0.05) is 29.8 Å². The molecule has 0 spiro atoms. The zero-order valence-corrected chi connectivity index (χ0v) is 17.0. The fraction of sp³-hybridized carbons (Fsp3) is 0.350. The van der Waals surface area contributed by atoms with E-state index in [4.69, 9.17) is 16.3 Å². The molecule has 2 heterocycles. The van der Waals surface area contributed by atoms with Crippen LogP contribution in [0, 0.1) is 0 Å². The minimum Gasteiger partial charge on any atom is -0.451 e. The van der Waals surface area contributed by atoms with Crippen molar-refractivity contribution in [1.29, 1.82) is 0 Å². The van der Waals surface area contributed by atoms with Gasteiger partial charge in [0.05, 0.1) is 6.04 Å². The zero-order chi connectivity index (χ0) is 19.7. The number of imidazole rings is 1. The van der Waals surface area contributed by atoms with Crippen LogP contribution in [0.4, 0.5) is 0 Å². The summed E-state index contributed by atoms with van der Waals surface area (Å²) in [5.74, 6) is -1.03. The first-order valence-electron chi connectivity index (χ1n) is 9.22. The number of hydrogen-bond donors (Lipinski definition) is 1. The topological polar surface area (TPSA) is 72.7 Å². The summed E-state index contributed by atoms with van der Waals surface area (Å²) in [4.78, 5) is 29.3. The van der Waals surface area contributed by atoms with E-state index >= 15 is 0 Å². The van der Waals surface area contributed by atoms with Crippen molar-refractivity contribution in [2.24, 2.45) is 0 Å². The molecule has 4 rings (SSSR count). The van der Waals surface area contributed by atoms with Crippen molar-refractivity contribution in [2.75, 3.05) is 6.61 Å². The largest absolute Gasteiger partial charge is 0.451 e. The second-order valence-electron chi connectivity index (χ2n) is 6.91. The lowest BCUT2D eigenvalue weighted by atomic mass is 9.89. The minimum atomic E-state index is -0.674. The van der Waals surface area contributed by atoms with Gasteiger partial charge in [-0.3, -0.25) is 9.20 Å². The molecule has 0 fully saturated rings. The smallest absolute Gasteiger partial charge is 0.359 e. The highest BCUT2D eigenvalue weighted by molar-refractivity contribution is 7.15. The molecule has 1 aliphatic carbocycles. The Morgan fingerprint density at radius 3 is 2.93 bits per heavy atom. The number of aromatic nitrogens is 2. The van der Waals surface area contributed by atoms with Gasteiger partial charge in [0.2, 0.25) is 0 Å². The highest BCUT2D eigenvalue weighted by Crippen LogP contribution is 2.25.